The summed E-state index contributed by atoms with van der Waals surface area (Å²) in [6.45, 7) is 12.8. The van der Waals surface area contributed by atoms with Crippen LogP contribution < -0.4 is 0 Å². The van der Waals surface area contributed by atoms with Crippen LogP contribution in [0.4, 0.5) is 0 Å². The minimum Gasteiger partial charge on any atom is -0.461 e. The number of esters is 1. The van der Waals surface area contributed by atoms with E-state index in [1.807, 2.05) is 20.8 Å². The van der Waals surface area contributed by atoms with Gasteiger partial charge in [0.1, 0.15) is 6.10 Å². The third-order valence-corrected chi connectivity index (χ3v) is 5.55. The molecule has 0 saturated carbocycles. The van der Waals surface area contributed by atoms with Crippen molar-refractivity contribution >= 4 is 5.97 Å². The van der Waals surface area contributed by atoms with Crippen LogP contribution in [0, 0.1) is 29.1 Å². The SMILES string of the molecule is CCC(C)(C)C(=O)O[C@H]1C[C@@H](C)C=C2C=C[C@H](C)C(C)[C@H]21. The van der Waals surface area contributed by atoms with Gasteiger partial charge in [-0.3, -0.25) is 4.79 Å². The fraction of sp³-hybridized carbons (Fsp3) is 0.737. The number of hydrogen-bond donors (Lipinski definition) is 0. The van der Waals surface area contributed by atoms with E-state index in [0.717, 1.165) is 12.8 Å². The van der Waals surface area contributed by atoms with E-state index in [9.17, 15) is 4.79 Å². The first-order valence-electron chi connectivity index (χ1n) is 8.37. The maximum Gasteiger partial charge on any atom is 0.311 e. The van der Waals surface area contributed by atoms with Crippen LogP contribution in [0.25, 0.3) is 0 Å². The molecule has 0 amide bonds. The topological polar surface area (TPSA) is 26.3 Å². The Morgan fingerprint density at radius 1 is 1.33 bits per heavy atom. The van der Waals surface area contributed by atoms with Crippen molar-refractivity contribution in [3.8, 4) is 0 Å². The van der Waals surface area contributed by atoms with E-state index < -0.39 is 0 Å². The zero-order chi connectivity index (χ0) is 15.8. The number of rotatable bonds is 3. The highest BCUT2D eigenvalue weighted by Crippen LogP contribution is 2.43. The summed E-state index contributed by atoms with van der Waals surface area (Å²) < 4.78 is 5.99. The van der Waals surface area contributed by atoms with Crippen molar-refractivity contribution < 1.29 is 9.53 Å². The maximum atomic E-state index is 12.5. The number of ether oxygens (including phenoxy) is 1. The van der Waals surface area contributed by atoms with E-state index in [1.165, 1.54) is 5.57 Å². The van der Waals surface area contributed by atoms with Gasteiger partial charge in [0.2, 0.25) is 0 Å². The molecule has 0 aromatic heterocycles. The maximum absolute atomic E-state index is 12.5. The highest BCUT2D eigenvalue weighted by Gasteiger charge is 2.41. The molecular weight excluding hydrogens is 260 g/mol. The van der Waals surface area contributed by atoms with E-state index in [2.05, 4.69) is 39.0 Å². The monoisotopic (exact) mass is 290 g/mol. The van der Waals surface area contributed by atoms with Crippen molar-refractivity contribution in [1.82, 2.24) is 0 Å². The quantitative estimate of drug-likeness (QED) is 0.701. The molecule has 0 radical (unpaired) electrons. The zero-order valence-corrected chi connectivity index (χ0v) is 14.3. The molecule has 0 aliphatic heterocycles. The van der Waals surface area contributed by atoms with Crippen molar-refractivity contribution in [2.75, 3.05) is 0 Å². The van der Waals surface area contributed by atoms with Crippen LogP contribution >= 0.6 is 0 Å². The Morgan fingerprint density at radius 2 is 2.00 bits per heavy atom. The molecule has 0 spiro atoms. The Kier molecular flexibility index (Phi) is 4.65. The first-order chi connectivity index (χ1) is 9.76. The number of fused-ring (bicyclic) bond motifs is 1. The molecular formula is C19H30O2. The molecule has 0 bridgehead atoms. The molecule has 1 unspecified atom stereocenters. The van der Waals surface area contributed by atoms with Gasteiger partial charge in [0.15, 0.2) is 0 Å². The largest absolute Gasteiger partial charge is 0.461 e. The second-order valence-electron chi connectivity index (χ2n) is 7.66. The van der Waals surface area contributed by atoms with Gasteiger partial charge >= 0.3 is 5.97 Å². The van der Waals surface area contributed by atoms with Gasteiger partial charge < -0.3 is 4.74 Å². The molecule has 2 rings (SSSR count). The van der Waals surface area contributed by atoms with Crippen molar-refractivity contribution in [3.05, 3.63) is 23.8 Å². The Morgan fingerprint density at radius 3 is 2.62 bits per heavy atom. The van der Waals surface area contributed by atoms with Gasteiger partial charge in [-0.1, -0.05) is 45.9 Å². The first-order valence-corrected chi connectivity index (χ1v) is 8.37. The lowest BCUT2D eigenvalue weighted by Crippen LogP contribution is -2.41. The highest BCUT2D eigenvalue weighted by molar-refractivity contribution is 5.76. The van der Waals surface area contributed by atoms with Gasteiger partial charge in [-0.05, 0) is 50.0 Å². The Balaban J connectivity index is 2.22. The van der Waals surface area contributed by atoms with Crippen molar-refractivity contribution in [2.45, 2.75) is 60.5 Å². The van der Waals surface area contributed by atoms with Gasteiger partial charge in [0, 0.05) is 5.92 Å². The van der Waals surface area contributed by atoms with Crippen LogP contribution in [0.1, 0.15) is 54.4 Å². The molecule has 0 aromatic rings. The van der Waals surface area contributed by atoms with E-state index in [0.29, 0.717) is 23.7 Å². The van der Waals surface area contributed by atoms with E-state index in [-0.39, 0.29) is 17.5 Å². The predicted octanol–water partition coefficient (Wildman–Crippen LogP) is 4.76. The zero-order valence-electron chi connectivity index (χ0n) is 14.3. The summed E-state index contributed by atoms with van der Waals surface area (Å²) in [5.74, 6) is 1.86. The molecule has 0 fully saturated rings. The normalized spacial score (nSPS) is 35.9. The summed E-state index contributed by atoms with van der Waals surface area (Å²) in [5, 5.41) is 0. The Labute approximate surface area is 129 Å². The lowest BCUT2D eigenvalue weighted by molar-refractivity contribution is -0.164. The van der Waals surface area contributed by atoms with E-state index >= 15 is 0 Å². The van der Waals surface area contributed by atoms with Crippen LogP contribution in [0.3, 0.4) is 0 Å². The fourth-order valence-electron chi connectivity index (χ4n) is 3.37. The third-order valence-electron chi connectivity index (χ3n) is 5.55. The Hall–Kier alpha value is -1.05. The summed E-state index contributed by atoms with van der Waals surface area (Å²) in [5.41, 5.74) is 0.982. The van der Waals surface area contributed by atoms with Crippen molar-refractivity contribution in [2.24, 2.45) is 29.1 Å². The summed E-state index contributed by atoms with van der Waals surface area (Å²) in [6.07, 6.45) is 8.69. The molecule has 2 aliphatic rings. The van der Waals surface area contributed by atoms with Crippen LogP contribution in [-0.2, 0) is 9.53 Å². The number of allylic oxidation sites excluding steroid dienone is 3. The number of carbonyl (C=O) groups excluding carboxylic acids is 1. The minimum absolute atomic E-state index is 0.0284. The van der Waals surface area contributed by atoms with Crippen molar-refractivity contribution in [1.29, 1.82) is 0 Å². The van der Waals surface area contributed by atoms with Crippen LogP contribution in [0.15, 0.2) is 23.8 Å². The van der Waals surface area contributed by atoms with Gasteiger partial charge in [-0.25, -0.2) is 0 Å². The average Bonchev–Trinajstić information content (AvgIpc) is 2.42. The molecule has 0 heterocycles. The molecule has 5 atom stereocenters. The summed E-state index contributed by atoms with van der Waals surface area (Å²) >= 11 is 0. The summed E-state index contributed by atoms with van der Waals surface area (Å²) in [6, 6.07) is 0. The van der Waals surface area contributed by atoms with Crippen LogP contribution in [-0.4, -0.2) is 12.1 Å². The van der Waals surface area contributed by atoms with Gasteiger partial charge in [-0.15, -0.1) is 0 Å². The molecule has 21 heavy (non-hydrogen) atoms. The minimum atomic E-state index is -0.385. The van der Waals surface area contributed by atoms with Gasteiger partial charge in [0.25, 0.3) is 0 Å². The van der Waals surface area contributed by atoms with Gasteiger partial charge in [-0.2, -0.15) is 0 Å². The third kappa shape index (κ3) is 3.25. The number of carbonyl (C=O) groups is 1. The second-order valence-corrected chi connectivity index (χ2v) is 7.66. The average molecular weight is 290 g/mol. The molecule has 0 aromatic carbocycles. The number of hydrogen-bond acceptors (Lipinski definition) is 2. The standard InChI is InChI=1S/C19H30O2/c1-7-19(5,6)18(20)21-16-11-12(2)10-15-9-8-13(3)14(4)17(15)16/h8-10,12-14,16-17H,7,11H2,1-6H3/t12-,13-,14?,16-,17+/m0/s1. The van der Waals surface area contributed by atoms with Crippen LogP contribution in [0.5, 0.6) is 0 Å². The molecule has 2 aliphatic carbocycles. The van der Waals surface area contributed by atoms with Crippen LogP contribution in [0.2, 0.25) is 0 Å². The first kappa shape index (κ1) is 16.3. The smallest absolute Gasteiger partial charge is 0.311 e. The predicted molar refractivity (Wildman–Crippen MR) is 86.8 cm³/mol. The van der Waals surface area contributed by atoms with Crippen molar-refractivity contribution in [3.63, 3.8) is 0 Å². The summed E-state index contributed by atoms with van der Waals surface area (Å²) in [7, 11) is 0. The lowest BCUT2D eigenvalue weighted by atomic mass is 9.67. The molecule has 2 nitrogen and oxygen atoms in total. The molecule has 118 valence electrons. The molecule has 0 saturated heterocycles. The summed E-state index contributed by atoms with van der Waals surface area (Å²) in [4.78, 5) is 12.5. The highest BCUT2D eigenvalue weighted by atomic mass is 16.5. The second kappa shape index (κ2) is 5.98. The van der Waals surface area contributed by atoms with E-state index in [4.69, 9.17) is 4.74 Å². The van der Waals surface area contributed by atoms with Gasteiger partial charge in [0.05, 0.1) is 5.41 Å². The molecule has 2 heteroatoms. The fourth-order valence-corrected chi connectivity index (χ4v) is 3.37. The Bertz CT molecular complexity index is 458. The lowest BCUT2D eigenvalue weighted by Gasteiger charge is -2.42. The van der Waals surface area contributed by atoms with E-state index in [1.54, 1.807) is 0 Å². The molecule has 0 N–H and O–H groups in total.